The third kappa shape index (κ3) is 7.31. The summed E-state index contributed by atoms with van der Waals surface area (Å²) < 4.78 is 6.04. The molecule has 0 saturated carbocycles. The third-order valence-electron chi connectivity index (χ3n) is 5.80. The molecule has 0 radical (unpaired) electrons. The second kappa shape index (κ2) is 13.2. The molecule has 2 N–H and O–H groups in total. The molecule has 2 heterocycles. The molecule has 2 aromatic carbocycles. The van der Waals surface area contributed by atoms with Gasteiger partial charge in [-0.2, -0.15) is 0 Å². The highest BCUT2D eigenvalue weighted by Crippen LogP contribution is 2.33. The molecule has 0 spiro atoms. The zero-order valence-corrected chi connectivity index (χ0v) is 22.8. The van der Waals surface area contributed by atoms with E-state index in [1.54, 1.807) is 0 Å². The summed E-state index contributed by atoms with van der Waals surface area (Å²) in [7, 11) is 0. The molecule has 0 atom stereocenters. The number of hydrogen-bond acceptors (Lipinski definition) is 5. The van der Waals surface area contributed by atoms with E-state index in [0.717, 1.165) is 67.8 Å². The first kappa shape index (κ1) is 26.6. The molecular weight excluding hydrogens is 500 g/mol. The fourth-order valence-electron chi connectivity index (χ4n) is 3.67. The summed E-state index contributed by atoms with van der Waals surface area (Å²) in [5.41, 5.74) is 2.10. The number of benzene rings is 2. The number of amides is 2. The summed E-state index contributed by atoms with van der Waals surface area (Å²) in [6.45, 7) is 5.63. The Hall–Kier alpha value is -3.42. The highest BCUT2D eigenvalue weighted by atomic mass is 32.1. The summed E-state index contributed by atoms with van der Waals surface area (Å²) >= 11 is 2.99. The SMILES string of the molecule is CCCCNC(=O)c1ccc(-c2ccc(Oc3ccc(-c4ccc(C(=O)NCCCC)s4)cc3)cc2)s1. The second-order valence-corrected chi connectivity index (χ2v) is 10.9. The van der Waals surface area contributed by atoms with Crippen LogP contribution in [0.3, 0.4) is 0 Å². The number of hydrogen-bond donors (Lipinski definition) is 2. The van der Waals surface area contributed by atoms with Crippen LogP contribution in [0.2, 0.25) is 0 Å². The number of carbonyl (C=O) groups excluding carboxylic acids is 2. The Morgan fingerprint density at radius 2 is 1.03 bits per heavy atom. The van der Waals surface area contributed by atoms with Crippen molar-refractivity contribution in [2.24, 2.45) is 0 Å². The van der Waals surface area contributed by atoms with E-state index in [-0.39, 0.29) is 11.8 Å². The first-order valence-corrected chi connectivity index (χ1v) is 14.4. The lowest BCUT2D eigenvalue weighted by atomic mass is 10.1. The highest BCUT2D eigenvalue weighted by Gasteiger charge is 2.11. The third-order valence-corrected chi connectivity index (χ3v) is 8.07. The molecule has 5 nitrogen and oxygen atoms in total. The number of rotatable bonds is 12. The number of nitrogens with one attached hydrogen (secondary N) is 2. The van der Waals surface area contributed by atoms with Gasteiger partial charge in [-0.05, 0) is 96.8 Å². The number of unbranched alkanes of at least 4 members (excludes halogenated alkanes) is 2. The highest BCUT2D eigenvalue weighted by molar-refractivity contribution is 7.17. The van der Waals surface area contributed by atoms with Crippen molar-refractivity contribution in [3.05, 3.63) is 82.6 Å². The van der Waals surface area contributed by atoms with Crippen molar-refractivity contribution in [1.82, 2.24) is 10.6 Å². The average molecular weight is 533 g/mol. The maximum atomic E-state index is 12.3. The normalized spacial score (nSPS) is 10.8. The maximum absolute atomic E-state index is 12.3. The minimum absolute atomic E-state index is 0.0119. The summed E-state index contributed by atoms with van der Waals surface area (Å²) in [5, 5.41) is 5.93. The van der Waals surface area contributed by atoms with Crippen LogP contribution in [0.1, 0.15) is 58.9 Å². The number of thiophene rings is 2. The molecule has 0 aliphatic carbocycles. The van der Waals surface area contributed by atoms with E-state index in [1.165, 1.54) is 22.7 Å². The zero-order chi connectivity index (χ0) is 26.0. The lowest BCUT2D eigenvalue weighted by Gasteiger charge is -2.07. The van der Waals surface area contributed by atoms with Crippen LogP contribution in [0.25, 0.3) is 20.9 Å². The minimum Gasteiger partial charge on any atom is -0.457 e. The van der Waals surface area contributed by atoms with Crippen molar-refractivity contribution in [3.8, 4) is 32.4 Å². The Bertz CT molecular complexity index is 1210. The van der Waals surface area contributed by atoms with Crippen molar-refractivity contribution in [3.63, 3.8) is 0 Å². The van der Waals surface area contributed by atoms with Gasteiger partial charge in [0.15, 0.2) is 0 Å². The van der Waals surface area contributed by atoms with Gasteiger partial charge in [0.05, 0.1) is 9.75 Å². The molecule has 7 heteroatoms. The van der Waals surface area contributed by atoms with Crippen LogP contribution in [-0.4, -0.2) is 24.9 Å². The molecule has 0 aliphatic rings. The van der Waals surface area contributed by atoms with Gasteiger partial charge in [0, 0.05) is 22.8 Å². The van der Waals surface area contributed by atoms with Crippen LogP contribution in [-0.2, 0) is 0 Å². The lowest BCUT2D eigenvalue weighted by molar-refractivity contribution is 0.0949. The first-order chi connectivity index (χ1) is 18.1. The molecule has 192 valence electrons. The van der Waals surface area contributed by atoms with Crippen molar-refractivity contribution >= 4 is 34.5 Å². The van der Waals surface area contributed by atoms with Crippen molar-refractivity contribution in [2.75, 3.05) is 13.1 Å². The smallest absolute Gasteiger partial charge is 0.261 e. The Labute approximate surface area is 226 Å². The maximum Gasteiger partial charge on any atom is 0.261 e. The Balaban J connectivity index is 1.34. The molecule has 2 amide bonds. The second-order valence-electron chi connectivity index (χ2n) is 8.70. The van der Waals surface area contributed by atoms with E-state index in [1.807, 2.05) is 72.8 Å². The lowest BCUT2D eigenvalue weighted by Crippen LogP contribution is -2.23. The molecule has 0 aliphatic heterocycles. The van der Waals surface area contributed by atoms with Crippen LogP contribution in [0.15, 0.2) is 72.8 Å². The van der Waals surface area contributed by atoms with E-state index >= 15 is 0 Å². The standard InChI is InChI=1S/C30H32N2O3S2/c1-3-5-19-31-29(33)27-17-15-25(36-27)21-7-11-23(12-8-21)35-24-13-9-22(10-14-24)26-16-18-28(37-26)30(34)32-20-6-4-2/h7-18H,3-6,19-20H2,1-2H3,(H,31,33)(H,32,34). The van der Waals surface area contributed by atoms with Gasteiger partial charge in [0.1, 0.15) is 11.5 Å². The van der Waals surface area contributed by atoms with E-state index in [4.69, 9.17) is 4.74 Å². The van der Waals surface area contributed by atoms with Crippen LogP contribution < -0.4 is 15.4 Å². The molecule has 4 aromatic rings. The van der Waals surface area contributed by atoms with E-state index in [2.05, 4.69) is 24.5 Å². The van der Waals surface area contributed by atoms with Crippen molar-refractivity contribution in [1.29, 1.82) is 0 Å². The Morgan fingerprint density at radius 3 is 1.41 bits per heavy atom. The van der Waals surface area contributed by atoms with Crippen molar-refractivity contribution < 1.29 is 14.3 Å². The summed E-state index contributed by atoms with van der Waals surface area (Å²) in [6, 6.07) is 23.5. The molecule has 2 aromatic heterocycles. The molecule has 0 unspecified atom stereocenters. The van der Waals surface area contributed by atoms with Crippen molar-refractivity contribution in [2.45, 2.75) is 39.5 Å². The van der Waals surface area contributed by atoms with E-state index < -0.39 is 0 Å². The average Bonchev–Trinajstić information content (AvgIpc) is 3.61. The summed E-state index contributed by atoms with van der Waals surface area (Å²) in [5.74, 6) is 1.46. The first-order valence-electron chi connectivity index (χ1n) is 12.7. The van der Waals surface area contributed by atoms with Gasteiger partial charge in [-0.15, -0.1) is 22.7 Å². The van der Waals surface area contributed by atoms with Gasteiger partial charge in [0.2, 0.25) is 0 Å². The molecule has 4 rings (SSSR count). The van der Waals surface area contributed by atoms with Gasteiger partial charge < -0.3 is 15.4 Å². The van der Waals surface area contributed by atoms with E-state index in [0.29, 0.717) is 13.1 Å². The van der Waals surface area contributed by atoms with Crippen LogP contribution in [0, 0.1) is 0 Å². The Morgan fingerprint density at radius 1 is 0.622 bits per heavy atom. The van der Waals surface area contributed by atoms with Gasteiger partial charge in [0.25, 0.3) is 11.8 Å². The van der Waals surface area contributed by atoms with Gasteiger partial charge in [-0.25, -0.2) is 0 Å². The predicted molar refractivity (Wildman–Crippen MR) is 154 cm³/mol. The van der Waals surface area contributed by atoms with Gasteiger partial charge in [-0.1, -0.05) is 26.7 Å². The summed E-state index contributed by atoms with van der Waals surface area (Å²) in [6.07, 6.45) is 4.09. The largest absolute Gasteiger partial charge is 0.457 e. The fraction of sp³-hybridized carbons (Fsp3) is 0.267. The molecular formula is C30H32N2O3S2. The molecule has 0 fully saturated rings. The Kier molecular flexibility index (Phi) is 9.52. The zero-order valence-electron chi connectivity index (χ0n) is 21.2. The number of ether oxygens (including phenoxy) is 1. The molecule has 37 heavy (non-hydrogen) atoms. The van der Waals surface area contributed by atoms with Crippen LogP contribution >= 0.6 is 22.7 Å². The van der Waals surface area contributed by atoms with Crippen LogP contribution in [0.4, 0.5) is 0 Å². The monoisotopic (exact) mass is 532 g/mol. The number of carbonyl (C=O) groups is 2. The fourth-order valence-corrected chi connectivity index (χ4v) is 5.53. The molecule has 0 saturated heterocycles. The van der Waals surface area contributed by atoms with Gasteiger partial charge in [-0.3, -0.25) is 9.59 Å². The quantitative estimate of drug-likeness (QED) is 0.182. The summed E-state index contributed by atoms with van der Waals surface area (Å²) in [4.78, 5) is 28.1. The topological polar surface area (TPSA) is 67.4 Å². The molecule has 0 bridgehead atoms. The van der Waals surface area contributed by atoms with Crippen LogP contribution in [0.5, 0.6) is 11.5 Å². The predicted octanol–water partition coefficient (Wildman–Crippen LogP) is 8.00. The van der Waals surface area contributed by atoms with Gasteiger partial charge >= 0.3 is 0 Å². The minimum atomic E-state index is -0.0119. The van der Waals surface area contributed by atoms with E-state index in [9.17, 15) is 9.59 Å².